The minimum atomic E-state index is -0.408. The Labute approximate surface area is 110 Å². The third-order valence-corrected chi connectivity index (χ3v) is 2.60. The highest BCUT2D eigenvalue weighted by atomic mass is 16.6. The van der Waals surface area contributed by atoms with Crippen molar-refractivity contribution in [2.24, 2.45) is 0 Å². The Hall–Kier alpha value is -2.50. The molecule has 0 aromatic carbocycles. The first-order valence-corrected chi connectivity index (χ1v) is 5.97. The van der Waals surface area contributed by atoms with Gasteiger partial charge in [-0.1, -0.05) is 6.07 Å². The van der Waals surface area contributed by atoms with Gasteiger partial charge in [-0.3, -0.25) is 15.1 Å². The maximum Gasteiger partial charge on any atom is 0.291 e. The van der Waals surface area contributed by atoms with Crippen LogP contribution in [0, 0.1) is 10.1 Å². The molecule has 0 atom stereocenters. The van der Waals surface area contributed by atoms with E-state index in [1.165, 1.54) is 6.07 Å². The van der Waals surface area contributed by atoms with Crippen molar-refractivity contribution in [3.8, 4) is 0 Å². The van der Waals surface area contributed by atoms with Gasteiger partial charge in [-0.15, -0.1) is 0 Å². The van der Waals surface area contributed by atoms with Crippen molar-refractivity contribution in [1.82, 2.24) is 9.97 Å². The molecule has 0 aliphatic heterocycles. The van der Waals surface area contributed by atoms with Crippen LogP contribution in [-0.2, 0) is 6.42 Å². The maximum atomic E-state index is 11.0. The van der Waals surface area contributed by atoms with E-state index in [9.17, 15) is 10.1 Å². The molecular weight excluding hydrogens is 244 g/mol. The van der Waals surface area contributed by atoms with Crippen molar-refractivity contribution < 1.29 is 4.92 Å². The Bertz CT molecular complexity index is 572. The Balaban J connectivity index is 2.35. The zero-order valence-corrected chi connectivity index (χ0v) is 10.5. The van der Waals surface area contributed by atoms with Crippen LogP contribution in [0.25, 0.3) is 0 Å². The van der Waals surface area contributed by atoms with Crippen molar-refractivity contribution >= 4 is 11.5 Å². The van der Waals surface area contributed by atoms with Crippen LogP contribution in [0.4, 0.5) is 11.5 Å². The second kappa shape index (κ2) is 5.90. The lowest BCUT2D eigenvalue weighted by atomic mass is 10.1. The monoisotopic (exact) mass is 258 g/mol. The van der Waals surface area contributed by atoms with Crippen LogP contribution in [0.3, 0.4) is 0 Å². The van der Waals surface area contributed by atoms with E-state index in [-0.39, 0.29) is 5.69 Å². The zero-order valence-electron chi connectivity index (χ0n) is 10.5. The van der Waals surface area contributed by atoms with E-state index in [4.69, 9.17) is 0 Å². The lowest BCUT2D eigenvalue weighted by Crippen LogP contribution is -2.05. The molecule has 0 aliphatic carbocycles. The summed E-state index contributed by atoms with van der Waals surface area (Å²) in [5.41, 5.74) is 1.37. The van der Waals surface area contributed by atoms with Crippen LogP contribution in [0.1, 0.15) is 18.2 Å². The highest BCUT2D eigenvalue weighted by Crippen LogP contribution is 2.21. The average Bonchev–Trinajstić information content (AvgIpc) is 2.40. The summed E-state index contributed by atoms with van der Waals surface area (Å²) in [4.78, 5) is 18.9. The number of anilines is 1. The molecule has 1 N–H and O–H groups in total. The molecule has 6 heteroatoms. The molecule has 2 rings (SSSR count). The van der Waals surface area contributed by atoms with Gasteiger partial charge in [0.2, 0.25) is 0 Å². The van der Waals surface area contributed by atoms with E-state index in [0.29, 0.717) is 17.9 Å². The first-order valence-electron chi connectivity index (χ1n) is 5.97. The fourth-order valence-electron chi connectivity index (χ4n) is 1.77. The minimum Gasteiger partial charge on any atom is -0.370 e. The summed E-state index contributed by atoms with van der Waals surface area (Å²) < 4.78 is 0. The average molecular weight is 258 g/mol. The number of pyridine rings is 2. The smallest absolute Gasteiger partial charge is 0.291 e. The summed E-state index contributed by atoms with van der Waals surface area (Å²) >= 11 is 0. The lowest BCUT2D eigenvalue weighted by Gasteiger charge is -2.06. The van der Waals surface area contributed by atoms with Gasteiger partial charge >= 0.3 is 0 Å². The number of aromatic nitrogens is 2. The minimum absolute atomic E-state index is 0.0329. The number of rotatable bonds is 5. The molecule has 6 nitrogen and oxygen atoms in total. The van der Waals surface area contributed by atoms with Crippen molar-refractivity contribution in [2.75, 3.05) is 11.9 Å². The van der Waals surface area contributed by atoms with E-state index in [2.05, 4.69) is 15.3 Å². The summed E-state index contributed by atoms with van der Waals surface area (Å²) in [6.07, 6.45) is 3.75. The summed E-state index contributed by atoms with van der Waals surface area (Å²) in [5, 5.41) is 14.1. The Morgan fingerprint density at radius 3 is 2.84 bits per heavy atom. The van der Waals surface area contributed by atoms with Gasteiger partial charge < -0.3 is 5.32 Å². The SMILES string of the molecule is CCNc1ccc([N+](=O)[O-])c(Cc2cccnc2)n1. The molecule has 0 spiro atoms. The van der Waals surface area contributed by atoms with E-state index in [1.807, 2.05) is 13.0 Å². The topological polar surface area (TPSA) is 81.0 Å². The molecule has 0 aliphatic rings. The molecular formula is C13H14N4O2. The number of hydrogen-bond donors (Lipinski definition) is 1. The first-order chi connectivity index (χ1) is 9.20. The van der Waals surface area contributed by atoms with Crippen molar-refractivity contribution in [3.05, 3.63) is 58.0 Å². The molecule has 0 radical (unpaired) electrons. The van der Waals surface area contributed by atoms with Gasteiger partial charge in [-0.25, -0.2) is 4.98 Å². The second-order valence-corrected chi connectivity index (χ2v) is 3.99. The van der Waals surface area contributed by atoms with Crippen molar-refractivity contribution in [2.45, 2.75) is 13.3 Å². The van der Waals surface area contributed by atoms with E-state index < -0.39 is 4.92 Å². The van der Waals surface area contributed by atoms with Gasteiger partial charge in [0.05, 0.1) is 4.92 Å². The van der Waals surface area contributed by atoms with E-state index in [1.54, 1.807) is 24.5 Å². The van der Waals surface area contributed by atoms with Crippen LogP contribution >= 0.6 is 0 Å². The molecule has 0 saturated carbocycles. The molecule has 0 fully saturated rings. The Kier molecular flexibility index (Phi) is 4.02. The fourth-order valence-corrected chi connectivity index (χ4v) is 1.77. The predicted molar refractivity (Wildman–Crippen MR) is 72.1 cm³/mol. The molecule has 98 valence electrons. The number of nitrogens with zero attached hydrogens (tertiary/aromatic N) is 3. The van der Waals surface area contributed by atoms with Gasteiger partial charge in [0.25, 0.3) is 5.69 Å². The Morgan fingerprint density at radius 1 is 1.37 bits per heavy atom. The first kappa shape index (κ1) is 12.9. The van der Waals surface area contributed by atoms with Gasteiger partial charge in [0.1, 0.15) is 11.5 Å². The lowest BCUT2D eigenvalue weighted by molar-refractivity contribution is -0.385. The van der Waals surface area contributed by atoms with E-state index in [0.717, 1.165) is 12.1 Å². The normalized spacial score (nSPS) is 10.2. The quantitative estimate of drug-likeness (QED) is 0.658. The summed E-state index contributed by atoms with van der Waals surface area (Å²) in [6.45, 7) is 2.67. The third-order valence-electron chi connectivity index (χ3n) is 2.60. The van der Waals surface area contributed by atoms with Gasteiger partial charge in [0, 0.05) is 31.4 Å². The number of nitro groups is 1. The number of hydrogen-bond acceptors (Lipinski definition) is 5. The predicted octanol–water partition coefficient (Wildman–Crippen LogP) is 2.41. The highest BCUT2D eigenvalue weighted by Gasteiger charge is 2.16. The molecule has 0 amide bonds. The van der Waals surface area contributed by atoms with Crippen LogP contribution in [0.5, 0.6) is 0 Å². The molecule has 2 heterocycles. The van der Waals surface area contributed by atoms with E-state index >= 15 is 0 Å². The standard InChI is InChI=1S/C13H14N4O2/c1-2-15-13-6-5-12(17(18)19)11(16-13)8-10-4-3-7-14-9-10/h3-7,9H,2,8H2,1H3,(H,15,16). The largest absolute Gasteiger partial charge is 0.370 e. The fraction of sp³-hybridized carbons (Fsp3) is 0.231. The van der Waals surface area contributed by atoms with Crippen molar-refractivity contribution in [3.63, 3.8) is 0 Å². The van der Waals surface area contributed by atoms with Crippen LogP contribution in [0.15, 0.2) is 36.7 Å². The molecule has 19 heavy (non-hydrogen) atoms. The molecule has 0 bridgehead atoms. The third kappa shape index (κ3) is 3.25. The van der Waals surface area contributed by atoms with Gasteiger partial charge in [-0.05, 0) is 24.6 Å². The Morgan fingerprint density at radius 2 is 2.21 bits per heavy atom. The van der Waals surface area contributed by atoms with Crippen LogP contribution in [0.2, 0.25) is 0 Å². The van der Waals surface area contributed by atoms with Gasteiger partial charge in [0.15, 0.2) is 0 Å². The summed E-state index contributed by atoms with van der Waals surface area (Å²) in [6, 6.07) is 6.78. The molecule has 0 unspecified atom stereocenters. The van der Waals surface area contributed by atoms with Gasteiger partial charge in [-0.2, -0.15) is 0 Å². The molecule has 0 saturated heterocycles. The van der Waals surface area contributed by atoms with Crippen LogP contribution in [-0.4, -0.2) is 21.4 Å². The zero-order chi connectivity index (χ0) is 13.7. The second-order valence-electron chi connectivity index (χ2n) is 3.99. The molecule has 2 aromatic rings. The maximum absolute atomic E-state index is 11.0. The number of nitrogens with one attached hydrogen (secondary N) is 1. The highest BCUT2D eigenvalue weighted by molar-refractivity contribution is 5.46. The molecule has 2 aromatic heterocycles. The van der Waals surface area contributed by atoms with Crippen molar-refractivity contribution in [1.29, 1.82) is 0 Å². The summed E-state index contributed by atoms with van der Waals surface area (Å²) in [7, 11) is 0. The van der Waals surface area contributed by atoms with Crippen LogP contribution < -0.4 is 5.32 Å². The summed E-state index contributed by atoms with van der Waals surface area (Å²) in [5.74, 6) is 0.645.